The number of ether oxygens (including phenoxy) is 4. The van der Waals surface area contributed by atoms with Gasteiger partial charge in [0.25, 0.3) is 0 Å². The van der Waals surface area contributed by atoms with Gasteiger partial charge in [-0.25, -0.2) is 0 Å². The van der Waals surface area contributed by atoms with Crippen LogP contribution in [0.25, 0.3) is 66.1 Å². The Morgan fingerprint density at radius 1 is 0.518 bits per heavy atom. The number of unbranched alkanes of at least 4 members (excludes halogenated alkanes) is 3. The zero-order chi connectivity index (χ0) is 38.8. The molecule has 0 saturated heterocycles. The van der Waals surface area contributed by atoms with Crippen LogP contribution in [0.4, 0.5) is 0 Å². The number of methoxy groups -OCH3 is 4. The maximum atomic E-state index is 10.2. The number of aliphatic hydroxyl groups excluding tert-OH is 2. The molecule has 8 rings (SSSR count). The number of nitrogens with zero attached hydrogens (tertiary/aromatic N) is 4. The number of para-hydroxylation sites is 2. The number of benzene rings is 4. The smallest absolute Gasteiger partial charge is 0.203 e. The number of pyridine rings is 2. The molecule has 4 aromatic heterocycles. The van der Waals surface area contributed by atoms with Crippen molar-refractivity contribution in [1.29, 1.82) is 0 Å². The minimum absolute atomic E-state index is 0.212. The van der Waals surface area contributed by atoms with Gasteiger partial charge in [0.2, 0.25) is 5.75 Å². The van der Waals surface area contributed by atoms with E-state index in [2.05, 4.69) is 69.8 Å². The Morgan fingerprint density at radius 2 is 1.00 bits per heavy atom. The van der Waals surface area contributed by atoms with Crippen molar-refractivity contribution in [2.24, 2.45) is 0 Å². The largest absolute Gasteiger partial charge is 0.496 e. The van der Waals surface area contributed by atoms with Gasteiger partial charge in [-0.2, -0.15) is 0 Å². The SMILES string of the molecule is COc1cc(-c2nccc3c4ccccc4n(CCCCCCn4c5ccccc5c5ccnc(-c6cc(OC)c(OC)c(OC)c6)c54)c23)cc(CO)c1CO. The summed E-state index contributed by atoms with van der Waals surface area (Å²) in [5, 5.41) is 24.9. The van der Waals surface area contributed by atoms with Gasteiger partial charge in [-0.15, -0.1) is 0 Å². The molecule has 286 valence electrons. The first-order valence-corrected chi connectivity index (χ1v) is 19.0. The molecule has 0 amide bonds. The summed E-state index contributed by atoms with van der Waals surface area (Å²) in [6.07, 6.45) is 7.80. The molecule has 0 atom stereocenters. The molecule has 8 aromatic rings. The van der Waals surface area contributed by atoms with E-state index in [1.807, 2.05) is 36.7 Å². The van der Waals surface area contributed by atoms with E-state index < -0.39 is 0 Å². The fourth-order valence-electron chi connectivity index (χ4n) is 8.34. The number of hydrogen-bond acceptors (Lipinski definition) is 8. The molecular formula is C46H46N4O6. The Kier molecular flexibility index (Phi) is 10.5. The van der Waals surface area contributed by atoms with Gasteiger partial charge in [-0.3, -0.25) is 9.97 Å². The van der Waals surface area contributed by atoms with Crippen molar-refractivity contribution in [3.63, 3.8) is 0 Å². The molecule has 0 fully saturated rings. The minimum atomic E-state index is -0.223. The molecule has 0 saturated carbocycles. The number of aromatic nitrogens is 4. The lowest BCUT2D eigenvalue weighted by atomic mass is 10.00. The second-order valence-electron chi connectivity index (χ2n) is 13.9. The summed E-state index contributed by atoms with van der Waals surface area (Å²) in [6.45, 7) is 1.23. The molecular weight excluding hydrogens is 705 g/mol. The summed E-state index contributed by atoms with van der Waals surface area (Å²) in [4.78, 5) is 9.80. The molecule has 0 aliphatic heterocycles. The maximum absolute atomic E-state index is 10.2. The monoisotopic (exact) mass is 750 g/mol. The first-order valence-electron chi connectivity index (χ1n) is 19.0. The molecule has 10 nitrogen and oxygen atoms in total. The Morgan fingerprint density at radius 3 is 1.46 bits per heavy atom. The highest BCUT2D eigenvalue weighted by Crippen LogP contribution is 2.43. The predicted molar refractivity (Wildman–Crippen MR) is 222 cm³/mol. The molecule has 0 spiro atoms. The lowest BCUT2D eigenvalue weighted by Gasteiger charge is -2.16. The van der Waals surface area contributed by atoms with E-state index in [-0.39, 0.29) is 13.2 Å². The summed E-state index contributed by atoms with van der Waals surface area (Å²) >= 11 is 0. The van der Waals surface area contributed by atoms with Crippen LogP contribution in [0, 0.1) is 0 Å². The van der Waals surface area contributed by atoms with Gasteiger partial charge < -0.3 is 38.3 Å². The molecule has 0 aliphatic rings. The van der Waals surface area contributed by atoms with Crippen LogP contribution in [0.15, 0.2) is 97.3 Å². The highest BCUT2D eigenvalue weighted by Gasteiger charge is 2.21. The Bertz CT molecular complexity index is 2460. The summed E-state index contributed by atoms with van der Waals surface area (Å²) in [5.74, 6) is 2.25. The molecule has 0 unspecified atom stereocenters. The topological polar surface area (TPSA) is 113 Å². The molecule has 0 aliphatic carbocycles. The van der Waals surface area contributed by atoms with Crippen LogP contribution < -0.4 is 18.9 Å². The molecule has 56 heavy (non-hydrogen) atoms. The van der Waals surface area contributed by atoms with Crippen LogP contribution in [0.3, 0.4) is 0 Å². The van der Waals surface area contributed by atoms with E-state index in [1.54, 1.807) is 28.4 Å². The number of aryl methyl sites for hydroxylation is 2. The number of aliphatic hydroxyl groups is 2. The Labute approximate surface area is 325 Å². The van der Waals surface area contributed by atoms with Gasteiger partial charge in [0.15, 0.2) is 11.5 Å². The molecule has 4 heterocycles. The van der Waals surface area contributed by atoms with E-state index >= 15 is 0 Å². The molecule has 2 N–H and O–H groups in total. The molecule has 10 heteroatoms. The Balaban J connectivity index is 1.08. The fraction of sp³-hybridized carbons (Fsp3) is 0.261. The highest BCUT2D eigenvalue weighted by molar-refractivity contribution is 6.13. The minimum Gasteiger partial charge on any atom is -0.496 e. The Hall–Kier alpha value is -6.10. The first kappa shape index (κ1) is 36.9. The van der Waals surface area contributed by atoms with Gasteiger partial charge in [-0.05, 0) is 66.9 Å². The molecule has 0 bridgehead atoms. The van der Waals surface area contributed by atoms with Crippen LogP contribution in [0.1, 0.15) is 36.8 Å². The van der Waals surface area contributed by atoms with Crippen LogP contribution in [-0.4, -0.2) is 57.8 Å². The summed E-state index contributed by atoms with van der Waals surface area (Å²) < 4.78 is 27.5. The lowest BCUT2D eigenvalue weighted by Crippen LogP contribution is -2.03. The third kappa shape index (κ3) is 6.34. The zero-order valence-electron chi connectivity index (χ0n) is 32.2. The average molecular weight is 751 g/mol. The van der Waals surface area contributed by atoms with Gasteiger partial charge in [-0.1, -0.05) is 49.2 Å². The summed E-state index contributed by atoms with van der Waals surface area (Å²) in [5.41, 5.74) is 9.10. The van der Waals surface area contributed by atoms with Crippen molar-refractivity contribution in [1.82, 2.24) is 19.1 Å². The van der Waals surface area contributed by atoms with E-state index in [1.165, 1.54) is 16.3 Å². The van der Waals surface area contributed by atoms with Gasteiger partial charge >= 0.3 is 0 Å². The van der Waals surface area contributed by atoms with E-state index in [0.29, 0.717) is 34.1 Å². The maximum Gasteiger partial charge on any atom is 0.203 e. The van der Waals surface area contributed by atoms with Crippen molar-refractivity contribution in [2.75, 3.05) is 28.4 Å². The predicted octanol–water partition coefficient (Wildman–Crippen LogP) is 9.31. The van der Waals surface area contributed by atoms with Crippen molar-refractivity contribution in [3.05, 3.63) is 108 Å². The van der Waals surface area contributed by atoms with Crippen LogP contribution in [-0.2, 0) is 26.3 Å². The van der Waals surface area contributed by atoms with Gasteiger partial charge in [0.05, 0.1) is 64.1 Å². The van der Waals surface area contributed by atoms with E-state index in [9.17, 15) is 10.2 Å². The third-order valence-electron chi connectivity index (χ3n) is 10.9. The van der Waals surface area contributed by atoms with Crippen molar-refractivity contribution < 1.29 is 29.2 Å². The van der Waals surface area contributed by atoms with Crippen LogP contribution in [0.2, 0.25) is 0 Å². The van der Waals surface area contributed by atoms with Crippen molar-refractivity contribution >= 4 is 43.6 Å². The number of hydrogen-bond donors (Lipinski definition) is 2. The quantitative estimate of drug-likeness (QED) is 0.0998. The van der Waals surface area contributed by atoms with E-state index in [4.69, 9.17) is 28.9 Å². The number of fused-ring (bicyclic) bond motifs is 6. The first-order chi connectivity index (χ1) is 27.5. The second-order valence-corrected chi connectivity index (χ2v) is 13.9. The molecule has 4 aromatic carbocycles. The van der Waals surface area contributed by atoms with Crippen molar-refractivity contribution in [2.45, 2.75) is 52.0 Å². The van der Waals surface area contributed by atoms with Crippen LogP contribution in [0.5, 0.6) is 23.0 Å². The third-order valence-corrected chi connectivity index (χ3v) is 10.9. The summed E-state index contributed by atoms with van der Waals surface area (Å²) in [6, 6.07) is 29.0. The lowest BCUT2D eigenvalue weighted by molar-refractivity contribution is 0.254. The van der Waals surface area contributed by atoms with Gasteiger partial charge in [0, 0.05) is 74.8 Å². The zero-order valence-corrected chi connectivity index (χ0v) is 32.2. The normalized spacial score (nSPS) is 11.6. The second kappa shape index (κ2) is 15.9. The standard InChI is InChI=1S/C46H46N4O6/c1-53-39-24-29(23-31(27-51)36(39)28-52)42-44-34(17-19-47-42)32-13-7-9-15-37(32)49(44)21-11-5-6-12-22-50-38-16-10-8-14-33(38)35-18-20-48-43(45(35)50)30-25-40(54-2)46(56-4)41(26-30)55-3/h7-10,13-20,23-26,51-52H,5-6,11-12,21-22,27-28H2,1-4H3. The van der Waals surface area contributed by atoms with Crippen LogP contribution >= 0.6 is 0 Å². The van der Waals surface area contributed by atoms with E-state index in [0.717, 1.165) is 88.6 Å². The highest BCUT2D eigenvalue weighted by atomic mass is 16.5. The fourth-order valence-corrected chi connectivity index (χ4v) is 8.34. The summed E-state index contributed by atoms with van der Waals surface area (Å²) in [7, 11) is 6.45. The molecule has 0 radical (unpaired) electrons. The number of rotatable bonds is 15. The average Bonchev–Trinajstić information content (AvgIpc) is 3.75. The van der Waals surface area contributed by atoms with Gasteiger partial charge in [0.1, 0.15) is 5.75 Å². The van der Waals surface area contributed by atoms with Crippen molar-refractivity contribution in [3.8, 4) is 45.5 Å².